The second kappa shape index (κ2) is 5.71. The van der Waals surface area contributed by atoms with Crippen LogP contribution in [0.25, 0.3) is 0 Å². The van der Waals surface area contributed by atoms with Gasteiger partial charge in [-0.25, -0.2) is 9.97 Å². The molecule has 0 spiro atoms. The van der Waals surface area contributed by atoms with E-state index in [0.29, 0.717) is 0 Å². The Morgan fingerprint density at radius 1 is 1.44 bits per heavy atom. The number of nitrogens with zero attached hydrogens (tertiary/aromatic N) is 2. The number of halogens is 4. The SMILES string of the molecule is Nc1ncnc(NCC(=O)NCC(F)(F)F)c1Cl. The van der Waals surface area contributed by atoms with E-state index in [1.807, 2.05) is 0 Å². The van der Waals surface area contributed by atoms with Crippen LogP contribution in [0.15, 0.2) is 6.33 Å². The zero-order valence-electron chi connectivity index (χ0n) is 8.88. The number of nitrogen functional groups attached to an aromatic ring is 1. The fourth-order valence-corrected chi connectivity index (χ4v) is 1.10. The fourth-order valence-electron chi connectivity index (χ4n) is 0.932. The molecule has 1 amide bonds. The van der Waals surface area contributed by atoms with E-state index >= 15 is 0 Å². The number of carbonyl (C=O) groups is 1. The molecule has 0 aromatic carbocycles. The first-order valence-corrected chi connectivity index (χ1v) is 5.00. The van der Waals surface area contributed by atoms with Crippen molar-refractivity contribution in [3.8, 4) is 0 Å². The lowest BCUT2D eigenvalue weighted by molar-refractivity contribution is -0.137. The summed E-state index contributed by atoms with van der Waals surface area (Å²) < 4.78 is 35.4. The van der Waals surface area contributed by atoms with Gasteiger partial charge in [0.05, 0.1) is 6.54 Å². The molecule has 18 heavy (non-hydrogen) atoms. The summed E-state index contributed by atoms with van der Waals surface area (Å²) in [7, 11) is 0. The zero-order chi connectivity index (χ0) is 13.8. The van der Waals surface area contributed by atoms with Crippen molar-refractivity contribution < 1.29 is 18.0 Å². The van der Waals surface area contributed by atoms with Gasteiger partial charge >= 0.3 is 6.18 Å². The van der Waals surface area contributed by atoms with Crippen LogP contribution in [0.4, 0.5) is 24.8 Å². The lowest BCUT2D eigenvalue weighted by atomic mass is 10.5. The summed E-state index contributed by atoms with van der Waals surface area (Å²) in [6, 6.07) is 0. The normalized spacial score (nSPS) is 11.1. The van der Waals surface area contributed by atoms with Crippen LogP contribution in [0.2, 0.25) is 5.02 Å². The monoisotopic (exact) mass is 283 g/mol. The van der Waals surface area contributed by atoms with E-state index in [1.54, 1.807) is 5.32 Å². The Morgan fingerprint density at radius 2 is 2.11 bits per heavy atom. The molecule has 0 radical (unpaired) electrons. The molecule has 0 saturated carbocycles. The Bertz CT molecular complexity index is 439. The van der Waals surface area contributed by atoms with Crippen molar-refractivity contribution in [2.75, 3.05) is 24.1 Å². The molecule has 6 nitrogen and oxygen atoms in total. The number of rotatable bonds is 4. The van der Waals surface area contributed by atoms with Crippen LogP contribution in [0.3, 0.4) is 0 Å². The number of nitrogens with two attached hydrogens (primary N) is 1. The molecule has 100 valence electrons. The molecule has 0 bridgehead atoms. The number of amides is 1. The van der Waals surface area contributed by atoms with Gasteiger partial charge in [-0.3, -0.25) is 4.79 Å². The lowest BCUT2D eigenvalue weighted by Gasteiger charge is -2.10. The molecule has 0 fully saturated rings. The van der Waals surface area contributed by atoms with Gasteiger partial charge in [0.2, 0.25) is 5.91 Å². The Morgan fingerprint density at radius 3 is 2.72 bits per heavy atom. The molecule has 1 aromatic rings. The third-order valence-electron chi connectivity index (χ3n) is 1.72. The topological polar surface area (TPSA) is 92.9 Å². The average Bonchev–Trinajstić information content (AvgIpc) is 2.27. The van der Waals surface area contributed by atoms with Crippen molar-refractivity contribution in [3.05, 3.63) is 11.3 Å². The summed E-state index contributed by atoms with van der Waals surface area (Å²) in [5.74, 6) is -0.767. The van der Waals surface area contributed by atoms with Gasteiger partial charge in [0.25, 0.3) is 0 Å². The van der Waals surface area contributed by atoms with Crippen molar-refractivity contribution >= 4 is 29.1 Å². The van der Waals surface area contributed by atoms with Gasteiger partial charge in [0.15, 0.2) is 5.82 Å². The van der Waals surface area contributed by atoms with Gasteiger partial charge in [-0.2, -0.15) is 13.2 Å². The second-order valence-corrected chi connectivity index (χ2v) is 3.54. The van der Waals surface area contributed by atoms with Crippen molar-refractivity contribution in [2.45, 2.75) is 6.18 Å². The highest BCUT2D eigenvalue weighted by atomic mass is 35.5. The number of hydrogen-bond donors (Lipinski definition) is 3. The van der Waals surface area contributed by atoms with E-state index in [1.165, 1.54) is 0 Å². The molecule has 0 aliphatic rings. The fraction of sp³-hybridized carbons (Fsp3) is 0.375. The predicted molar refractivity (Wildman–Crippen MR) is 59.0 cm³/mol. The molecule has 10 heteroatoms. The summed E-state index contributed by atoms with van der Waals surface area (Å²) in [6.07, 6.45) is -3.34. The summed E-state index contributed by atoms with van der Waals surface area (Å²) in [4.78, 5) is 18.3. The average molecular weight is 284 g/mol. The highest BCUT2D eigenvalue weighted by Gasteiger charge is 2.27. The molecule has 0 atom stereocenters. The number of carbonyl (C=O) groups excluding carboxylic acids is 1. The van der Waals surface area contributed by atoms with Crippen LogP contribution in [0, 0.1) is 0 Å². The van der Waals surface area contributed by atoms with E-state index in [2.05, 4.69) is 15.3 Å². The van der Waals surface area contributed by atoms with Crippen molar-refractivity contribution in [1.82, 2.24) is 15.3 Å². The molecular formula is C8H9ClF3N5O. The standard InChI is InChI=1S/C8H9ClF3N5O/c9-5-6(13)16-3-17-7(5)14-1-4(18)15-2-8(10,11)12/h3H,1-2H2,(H,15,18)(H3,13,14,16,17). The van der Waals surface area contributed by atoms with E-state index in [-0.39, 0.29) is 16.7 Å². The smallest absolute Gasteiger partial charge is 0.382 e. The molecule has 0 saturated heterocycles. The summed E-state index contributed by atoms with van der Waals surface area (Å²) in [5, 5.41) is 4.13. The van der Waals surface area contributed by atoms with E-state index in [9.17, 15) is 18.0 Å². The number of aromatic nitrogens is 2. The van der Waals surface area contributed by atoms with Gasteiger partial charge in [-0.05, 0) is 0 Å². The molecule has 1 heterocycles. The van der Waals surface area contributed by atoms with E-state index in [0.717, 1.165) is 6.33 Å². The summed E-state index contributed by atoms with van der Waals surface area (Å²) >= 11 is 5.70. The van der Waals surface area contributed by atoms with Gasteiger partial charge in [-0.15, -0.1) is 0 Å². The zero-order valence-corrected chi connectivity index (χ0v) is 9.64. The minimum Gasteiger partial charge on any atom is -0.382 e. The molecular weight excluding hydrogens is 275 g/mol. The van der Waals surface area contributed by atoms with Gasteiger partial charge in [0, 0.05) is 0 Å². The van der Waals surface area contributed by atoms with Crippen LogP contribution in [0.5, 0.6) is 0 Å². The third kappa shape index (κ3) is 4.62. The molecule has 4 N–H and O–H groups in total. The minimum atomic E-state index is -4.45. The molecule has 0 unspecified atom stereocenters. The lowest BCUT2D eigenvalue weighted by Crippen LogP contribution is -2.37. The molecule has 0 aliphatic heterocycles. The molecule has 1 aromatic heterocycles. The first-order valence-electron chi connectivity index (χ1n) is 4.63. The van der Waals surface area contributed by atoms with Gasteiger partial charge in [-0.1, -0.05) is 11.6 Å². The number of alkyl halides is 3. The molecule has 0 aliphatic carbocycles. The van der Waals surface area contributed by atoms with Crippen LogP contribution < -0.4 is 16.4 Å². The van der Waals surface area contributed by atoms with Crippen LogP contribution in [-0.2, 0) is 4.79 Å². The van der Waals surface area contributed by atoms with Gasteiger partial charge < -0.3 is 16.4 Å². The maximum atomic E-state index is 11.8. The minimum absolute atomic E-state index is 0.00104. The Hall–Kier alpha value is -1.77. The van der Waals surface area contributed by atoms with Crippen LogP contribution in [0.1, 0.15) is 0 Å². The van der Waals surface area contributed by atoms with Crippen molar-refractivity contribution in [2.24, 2.45) is 0 Å². The summed E-state index contributed by atoms with van der Waals surface area (Å²) in [6.45, 7) is -1.81. The Labute approximate surface area is 105 Å². The first-order chi connectivity index (χ1) is 8.29. The Balaban J connectivity index is 2.46. The van der Waals surface area contributed by atoms with E-state index < -0.39 is 25.2 Å². The van der Waals surface area contributed by atoms with Crippen molar-refractivity contribution in [3.63, 3.8) is 0 Å². The predicted octanol–water partition coefficient (Wildman–Crippen LogP) is 0.803. The summed E-state index contributed by atoms with van der Waals surface area (Å²) in [5.41, 5.74) is 5.37. The van der Waals surface area contributed by atoms with Crippen molar-refractivity contribution in [1.29, 1.82) is 0 Å². The molecule has 1 rings (SSSR count). The largest absolute Gasteiger partial charge is 0.405 e. The first kappa shape index (κ1) is 14.3. The van der Waals surface area contributed by atoms with Crippen LogP contribution in [-0.4, -0.2) is 35.1 Å². The number of hydrogen-bond acceptors (Lipinski definition) is 5. The highest BCUT2D eigenvalue weighted by molar-refractivity contribution is 6.35. The van der Waals surface area contributed by atoms with Gasteiger partial charge in [0.1, 0.15) is 23.7 Å². The third-order valence-corrected chi connectivity index (χ3v) is 2.09. The maximum Gasteiger partial charge on any atom is 0.405 e. The quantitative estimate of drug-likeness (QED) is 0.760. The Kier molecular flexibility index (Phi) is 4.54. The maximum absolute atomic E-state index is 11.8. The number of nitrogens with one attached hydrogen (secondary N) is 2. The highest BCUT2D eigenvalue weighted by Crippen LogP contribution is 2.22. The van der Waals surface area contributed by atoms with Crippen LogP contribution >= 0.6 is 11.6 Å². The van der Waals surface area contributed by atoms with E-state index in [4.69, 9.17) is 17.3 Å². The second-order valence-electron chi connectivity index (χ2n) is 3.17. The number of anilines is 2.